The van der Waals surface area contributed by atoms with Crippen molar-refractivity contribution < 1.29 is 14.7 Å². The van der Waals surface area contributed by atoms with Gasteiger partial charge < -0.3 is 14.2 Å². The van der Waals surface area contributed by atoms with Crippen LogP contribution in [0.5, 0.6) is 0 Å². The lowest BCUT2D eigenvalue weighted by Crippen LogP contribution is -2.51. The average Bonchev–Trinajstić information content (AvgIpc) is 3.28. The molecule has 6 heteroatoms. The molecule has 1 aromatic heterocycles. The minimum atomic E-state index is -1.85. The average molecular weight is 415 g/mol. The maximum absolute atomic E-state index is 13.0. The van der Waals surface area contributed by atoms with E-state index < -0.39 is 14.3 Å². The lowest BCUT2D eigenvalue weighted by atomic mass is 9.96. The zero-order valence-electron chi connectivity index (χ0n) is 18.5. The van der Waals surface area contributed by atoms with Gasteiger partial charge in [0, 0.05) is 30.1 Å². The lowest BCUT2D eigenvalue weighted by molar-refractivity contribution is 0.0922. The van der Waals surface area contributed by atoms with Gasteiger partial charge in [-0.3, -0.25) is 4.79 Å². The zero-order chi connectivity index (χ0) is 21.5. The highest BCUT2D eigenvalue weighted by molar-refractivity contribution is 6.82. The maximum atomic E-state index is 13.0. The van der Waals surface area contributed by atoms with Gasteiger partial charge in [0.25, 0.3) is 0 Å². The molecule has 1 atom stereocenters. The summed E-state index contributed by atoms with van der Waals surface area (Å²) >= 11 is 0. The van der Waals surface area contributed by atoms with Gasteiger partial charge in [-0.1, -0.05) is 41.5 Å². The van der Waals surface area contributed by atoms with Crippen LogP contribution in [0.1, 0.15) is 58.3 Å². The van der Waals surface area contributed by atoms with E-state index in [2.05, 4.69) is 64.1 Å². The van der Waals surface area contributed by atoms with Crippen molar-refractivity contribution in [1.82, 2.24) is 9.13 Å². The van der Waals surface area contributed by atoms with Gasteiger partial charge in [0.2, 0.25) is 0 Å². The number of aromatic nitrogens is 1. The summed E-state index contributed by atoms with van der Waals surface area (Å²) in [4.78, 5) is 25.5. The Morgan fingerprint density at radius 3 is 2.17 bits per heavy atom. The quantitative estimate of drug-likeness (QED) is 0.476. The van der Waals surface area contributed by atoms with E-state index in [0.29, 0.717) is 41.7 Å². The Bertz CT molecular complexity index is 894. The van der Waals surface area contributed by atoms with Crippen molar-refractivity contribution in [2.24, 2.45) is 5.92 Å². The van der Waals surface area contributed by atoms with Gasteiger partial charge in [0.1, 0.15) is 0 Å². The summed E-state index contributed by atoms with van der Waals surface area (Å²) in [5.74, 6) is -0.176. The number of fused-ring (bicyclic) bond motifs is 1. The summed E-state index contributed by atoms with van der Waals surface area (Å²) < 4.78 is 2.55. The monoisotopic (exact) mass is 414 g/mol. The molecule has 0 saturated carbocycles. The minimum Gasteiger partial charge on any atom is -0.465 e. The van der Waals surface area contributed by atoms with E-state index in [9.17, 15) is 9.59 Å². The van der Waals surface area contributed by atoms with Gasteiger partial charge in [0.05, 0.1) is 0 Å². The van der Waals surface area contributed by atoms with E-state index >= 15 is 0 Å². The van der Waals surface area contributed by atoms with Crippen molar-refractivity contribution in [3.05, 3.63) is 36.0 Å². The van der Waals surface area contributed by atoms with E-state index in [1.165, 1.54) is 10.4 Å². The van der Waals surface area contributed by atoms with E-state index in [1.54, 1.807) is 0 Å². The highest BCUT2D eigenvalue weighted by Crippen LogP contribution is 2.44. The number of hydrogen-bond donors (Lipinski definition) is 1. The first kappa shape index (κ1) is 21.6. The Hall–Kier alpha value is -2.08. The van der Waals surface area contributed by atoms with Gasteiger partial charge in [-0.15, -0.1) is 0 Å². The molecule has 3 rings (SSSR count). The Kier molecular flexibility index (Phi) is 5.95. The first-order chi connectivity index (χ1) is 13.6. The molecular weight excluding hydrogens is 380 g/mol. The molecule has 5 nitrogen and oxygen atoms in total. The van der Waals surface area contributed by atoms with Crippen LogP contribution in [-0.2, 0) is 0 Å². The van der Waals surface area contributed by atoms with Crippen LogP contribution in [0.2, 0.25) is 16.6 Å². The molecule has 2 aromatic rings. The second kappa shape index (κ2) is 7.98. The molecule has 2 heterocycles. The highest BCUT2D eigenvalue weighted by atomic mass is 28.3. The van der Waals surface area contributed by atoms with Gasteiger partial charge in [-0.05, 0) is 58.9 Å². The van der Waals surface area contributed by atoms with Gasteiger partial charge in [-0.2, -0.15) is 0 Å². The summed E-state index contributed by atoms with van der Waals surface area (Å²) in [5, 5.41) is 10.3. The Balaban J connectivity index is 1.98. The van der Waals surface area contributed by atoms with Crippen molar-refractivity contribution in [3.63, 3.8) is 0 Å². The third-order valence-electron chi connectivity index (χ3n) is 7.00. The molecule has 29 heavy (non-hydrogen) atoms. The second-order valence-corrected chi connectivity index (χ2v) is 15.1. The normalized spacial score (nSPS) is 17.8. The Morgan fingerprint density at radius 1 is 1.03 bits per heavy atom. The number of amides is 1. The molecule has 0 aliphatic carbocycles. The Labute approximate surface area is 174 Å². The van der Waals surface area contributed by atoms with Crippen molar-refractivity contribution in [2.75, 3.05) is 13.1 Å². The van der Waals surface area contributed by atoms with E-state index in [0.717, 1.165) is 5.39 Å². The molecule has 0 bridgehead atoms. The van der Waals surface area contributed by atoms with Crippen LogP contribution >= 0.6 is 0 Å². The number of ketones is 1. The Morgan fingerprint density at radius 2 is 1.66 bits per heavy atom. The van der Waals surface area contributed by atoms with Crippen LogP contribution in [0.3, 0.4) is 0 Å². The number of rotatable bonds is 6. The first-order valence-corrected chi connectivity index (χ1v) is 12.9. The molecule has 1 saturated heterocycles. The predicted octanol–water partition coefficient (Wildman–Crippen LogP) is 5.85. The summed E-state index contributed by atoms with van der Waals surface area (Å²) in [5.41, 5.74) is 3.70. The molecule has 0 radical (unpaired) electrons. The molecule has 1 N–H and O–H groups in total. The standard InChI is InChI=1S/C23H34N2O3Si/c1-15(2)29(16(3)4,17(5)6)25-12-10-18-13-19(7-8-21(18)25)22(26)20-9-11-24(14-20)23(27)28/h7-8,10,12-13,15-17,20H,9,11,14H2,1-6H3,(H,27,28). The number of hydrogen-bond acceptors (Lipinski definition) is 2. The van der Waals surface area contributed by atoms with E-state index in [-0.39, 0.29) is 11.7 Å². The summed E-state index contributed by atoms with van der Waals surface area (Å²) in [6.07, 6.45) is 1.89. The smallest absolute Gasteiger partial charge is 0.407 e. The van der Waals surface area contributed by atoms with Crippen molar-refractivity contribution in [2.45, 2.75) is 64.6 Å². The molecular formula is C23H34N2O3Si. The van der Waals surface area contributed by atoms with Gasteiger partial charge in [0.15, 0.2) is 14.0 Å². The van der Waals surface area contributed by atoms with Gasteiger partial charge in [-0.25, -0.2) is 4.79 Å². The third-order valence-corrected chi connectivity index (χ3v) is 13.8. The molecule has 1 aromatic carbocycles. The van der Waals surface area contributed by atoms with E-state index in [1.807, 2.05) is 12.1 Å². The fourth-order valence-corrected chi connectivity index (χ4v) is 12.5. The van der Waals surface area contributed by atoms with Gasteiger partial charge >= 0.3 is 6.09 Å². The maximum Gasteiger partial charge on any atom is 0.407 e. The molecule has 1 aliphatic heterocycles. The number of likely N-dealkylation sites (tertiary alicyclic amines) is 1. The van der Waals surface area contributed by atoms with Crippen LogP contribution < -0.4 is 0 Å². The molecule has 1 unspecified atom stereocenters. The predicted molar refractivity (Wildman–Crippen MR) is 120 cm³/mol. The third kappa shape index (κ3) is 3.52. The van der Waals surface area contributed by atoms with Crippen LogP contribution in [0.4, 0.5) is 4.79 Å². The van der Waals surface area contributed by atoms with Crippen LogP contribution in [0, 0.1) is 5.92 Å². The molecule has 1 amide bonds. The second-order valence-electron chi connectivity index (χ2n) is 9.39. The first-order valence-electron chi connectivity index (χ1n) is 10.7. The number of nitrogens with zero attached hydrogens (tertiary/aromatic N) is 2. The summed E-state index contributed by atoms with van der Waals surface area (Å²) in [6.45, 7) is 14.9. The number of Topliss-reactive ketones (excluding diaryl/α,β-unsaturated/α-hetero) is 1. The van der Waals surface area contributed by atoms with E-state index in [4.69, 9.17) is 5.11 Å². The molecule has 1 aliphatic rings. The summed E-state index contributed by atoms with van der Waals surface area (Å²) in [7, 11) is -1.85. The largest absolute Gasteiger partial charge is 0.465 e. The fourth-order valence-electron chi connectivity index (χ4n) is 5.85. The number of carbonyl (C=O) groups is 2. The highest BCUT2D eigenvalue weighted by Gasteiger charge is 2.45. The lowest BCUT2D eigenvalue weighted by Gasteiger charge is -2.44. The number of carboxylic acid groups (broad SMARTS) is 1. The van der Waals surface area contributed by atoms with Crippen molar-refractivity contribution in [1.29, 1.82) is 0 Å². The van der Waals surface area contributed by atoms with Crippen LogP contribution in [-0.4, -0.2) is 47.4 Å². The van der Waals surface area contributed by atoms with Crippen molar-refractivity contribution in [3.8, 4) is 0 Å². The molecule has 158 valence electrons. The van der Waals surface area contributed by atoms with Crippen LogP contribution in [0.15, 0.2) is 30.5 Å². The topological polar surface area (TPSA) is 62.5 Å². The zero-order valence-corrected chi connectivity index (χ0v) is 19.5. The number of benzene rings is 1. The SMILES string of the molecule is CC(C)[Si](C(C)C)(C(C)C)n1ccc2cc(C(=O)C3CCN(C(=O)O)C3)ccc21. The van der Waals surface area contributed by atoms with Crippen LogP contribution in [0.25, 0.3) is 10.9 Å². The fraction of sp³-hybridized carbons (Fsp3) is 0.565. The van der Waals surface area contributed by atoms with Crippen molar-refractivity contribution >= 4 is 31.0 Å². The molecule has 0 spiro atoms. The molecule has 1 fully saturated rings. The summed E-state index contributed by atoms with van der Waals surface area (Å²) in [6, 6.07) is 8.17. The minimum absolute atomic E-state index is 0.0588. The number of carbonyl (C=O) groups excluding carboxylic acids is 1.